The van der Waals surface area contributed by atoms with Gasteiger partial charge in [-0.2, -0.15) is 0 Å². The van der Waals surface area contributed by atoms with Crippen molar-refractivity contribution < 1.29 is 24.2 Å². The minimum atomic E-state index is -0.843. The Morgan fingerprint density at radius 2 is 1.87 bits per heavy atom. The van der Waals surface area contributed by atoms with Crippen LogP contribution in [-0.2, 0) is 16.0 Å². The minimum Gasteiger partial charge on any atom is -0.496 e. The zero-order chi connectivity index (χ0) is 17.0. The number of carbonyl (C=O) groups is 2. The molecule has 126 valence electrons. The summed E-state index contributed by atoms with van der Waals surface area (Å²) in [4.78, 5) is 25.7. The van der Waals surface area contributed by atoms with Gasteiger partial charge in [-0.3, -0.25) is 9.59 Å². The van der Waals surface area contributed by atoms with Crippen molar-refractivity contribution in [1.29, 1.82) is 0 Å². The molecule has 1 aromatic rings. The quantitative estimate of drug-likeness (QED) is 0.897. The van der Waals surface area contributed by atoms with Gasteiger partial charge in [0.25, 0.3) is 0 Å². The van der Waals surface area contributed by atoms with Gasteiger partial charge in [-0.15, -0.1) is 0 Å². The summed E-state index contributed by atoms with van der Waals surface area (Å²) in [6, 6.07) is 5.06. The molecule has 1 aliphatic heterocycles. The number of carbonyl (C=O) groups excluding carboxylic acids is 1. The molecule has 1 fully saturated rings. The van der Waals surface area contributed by atoms with Gasteiger partial charge in [-0.25, -0.2) is 0 Å². The van der Waals surface area contributed by atoms with Gasteiger partial charge in [0, 0.05) is 18.2 Å². The molecular weight excluding hydrogens is 298 g/mol. The number of ether oxygens (including phenoxy) is 2. The number of carboxylic acids is 1. The van der Waals surface area contributed by atoms with Crippen molar-refractivity contribution in [3.8, 4) is 11.5 Å². The van der Waals surface area contributed by atoms with Gasteiger partial charge in [-0.05, 0) is 31.9 Å². The Morgan fingerprint density at radius 3 is 2.39 bits per heavy atom. The number of rotatable bonds is 5. The van der Waals surface area contributed by atoms with E-state index in [2.05, 4.69) is 0 Å². The summed E-state index contributed by atoms with van der Waals surface area (Å²) in [7, 11) is 3.10. The Labute approximate surface area is 136 Å². The molecule has 1 aliphatic rings. The lowest BCUT2D eigenvalue weighted by atomic mass is 9.90. The van der Waals surface area contributed by atoms with E-state index in [4.69, 9.17) is 9.47 Å². The Hall–Kier alpha value is -2.24. The molecule has 0 aromatic heterocycles. The smallest absolute Gasteiger partial charge is 0.308 e. The van der Waals surface area contributed by atoms with Crippen LogP contribution >= 0.6 is 0 Å². The number of amides is 1. The highest BCUT2D eigenvalue weighted by Crippen LogP contribution is 2.31. The molecule has 0 radical (unpaired) electrons. The topological polar surface area (TPSA) is 76.1 Å². The maximum absolute atomic E-state index is 12.7. The van der Waals surface area contributed by atoms with Gasteiger partial charge in [0.1, 0.15) is 11.5 Å². The lowest BCUT2D eigenvalue weighted by Gasteiger charge is -2.37. The van der Waals surface area contributed by atoms with Gasteiger partial charge < -0.3 is 19.5 Å². The first kappa shape index (κ1) is 17.1. The zero-order valence-electron chi connectivity index (χ0n) is 13.7. The normalized spacial score (nSPS) is 20.9. The van der Waals surface area contributed by atoms with Crippen LogP contribution in [0.3, 0.4) is 0 Å². The van der Waals surface area contributed by atoms with Gasteiger partial charge >= 0.3 is 5.97 Å². The summed E-state index contributed by atoms with van der Waals surface area (Å²) in [5, 5.41) is 9.28. The first-order chi connectivity index (χ1) is 11.0. The van der Waals surface area contributed by atoms with Crippen molar-refractivity contribution in [2.75, 3.05) is 20.8 Å². The van der Waals surface area contributed by atoms with E-state index in [1.54, 1.807) is 44.2 Å². The number of benzene rings is 1. The van der Waals surface area contributed by atoms with Gasteiger partial charge in [0.05, 0.1) is 26.6 Å². The fourth-order valence-electron chi connectivity index (χ4n) is 3.18. The number of methoxy groups -OCH3 is 2. The molecule has 6 heteroatoms. The van der Waals surface area contributed by atoms with E-state index in [0.29, 0.717) is 36.4 Å². The second-order valence-electron chi connectivity index (χ2n) is 5.73. The molecule has 1 saturated heterocycles. The minimum absolute atomic E-state index is 0.105. The average molecular weight is 321 g/mol. The Kier molecular flexibility index (Phi) is 5.47. The third kappa shape index (κ3) is 3.57. The molecule has 23 heavy (non-hydrogen) atoms. The highest BCUT2D eigenvalue weighted by atomic mass is 16.5. The number of nitrogens with zero attached hydrogens (tertiary/aromatic N) is 1. The lowest BCUT2D eigenvalue weighted by molar-refractivity contribution is -0.148. The van der Waals surface area contributed by atoms with E-state index < -0.39 is 11.9 Å². The highest BCUT2D eigenvalue weighted by Gasteiger charge is 2.35. The largest absolute Gasteiger partial charge is 0.496 e. The van der Waals surface area contributed by atoms with Crippen molar-refractivity contribution in [3.05, 3.63) is 23.8 Å². The molecule has 1 aromatic carbocycles. The maximum Gasteiger partial charge on any atom is 0.308 e. The van der Waals surface area contributed by atoms with Gasteiger partial charge in [-0.1, -0.05) is 6.07 Å². The van der Waals surface area contributed by atoms with Crippen LogP contribution in [0, 0.1) is 5.92 Å². The van der Waals surface area contributed by atoms with Crippen molar-refractivity contribution in [1.82, 2.24) is 4.90 Å². The Balaban J connectivity index is 2.20. The predicted molar refractivity (Wildman–Crippen MR) is 84.8 cm³/mol. The van der Waals surface area contributed by atoms with Crippen molar-refractivity contribution >= 4 is 11.9 Å². The second kappa shape index (κ2) is 7.35. The molecule has 0 aliphatic carbocycles. The van der Waals surface area contributed by atoms with E-state index in [9.17, 15) is 14.7 Å². The Morgan fingerprint density at radius 1 is 1.26 bits per heavy atom. The summed E-state index contributed by atoms with van der Waals surface area (Å²) >= 11 is 0. The summed E-state index contributed by atoms with van der Waals surface area (Å²) in [5.41, 5.74) is 0.687. The Bertz CT molecular complexity index is 564. The number of aliphatic carboxylic acids is 1. The molecule has 6 nitrogen and oxygen atoms in total. The average Bonchev–Trinajstić information content (AvgIpc) is 2.54. The van der Waals surface area contributed by atoms with Crippen LogP contribution in [0.15, 0.2) is 18.2 Å². The molecule has 0 bridgehead atoms. The molecule has 1 heterocycles. The molecule has 0 unspecified atom stereocenters. The molecule has 1 N–H and O–H groups in total. The van der Waals surface area contributed by atoms with Crippen LogP contribution in [0.25, 0.3) is 0 Å². The molecule has 0 saturated carbocycles. The summed E-state index contributed by atoms with van der Waals surface area (Å²) in [6.07, 6.45) is 1.44. The molecule has 1 amide bonds. The lowest BCUT2D eigenvalue weighted by Crippen LogP contribution is -2.49. The fraction of sp³-hybridized carbons (Fsp3) is 0.529. The third-order valence-electron chi connectivity index (χ3n) is 4.48. The van der Waals surface area contributed by atoms with E-state index in [1.165, 1.54) is 0 Å². The zero-order valence-corrected chi connectivity index (χ0v) is 13.7. The van der Waals surface area contributed by atoms with Crippen LogP contribution in [0.4, 0.5) is 0 Å². The number of likely N-dealkylation sites (tertiary alicyclic amines) is 1. The van der Waals surface area contributed by atoms with Gasteiger partial charge in [0.2, 0.25) is 5.91 Å². The molecule has 2 rings (SSSR count). The van der Waals surface area contributed by atoms with Crippen LogP contribution in [0.5, 0.6) is 11.5 Å². The van der Waals surface area contributed by atoms with Crippen LogP contribution in [0.2, 0.25) is 0 Å². The molecular formula is C17H23NO5. The first-order valence-corrected chi connectivity index (χ1v) is 7.71. The number of carboxylic acid groups (broad SMARTS) is 1. The first-order valence-electron chi connectivity index (χ1n) is 7.71. The van der Waals surface area contributed by atoms with Crippen LogP contribution in [-0.4, -0.2) is 48.7 Å². The number of hydrogen-bond donors (Lipinski definition) is 1. The fourth-order valence-corrected chi connectivity index (χ4v) is 3.18. The number of hydrogen-bond acceptors (Lipinski definition) is 4. The SMILES string of the molecule is COc1cccc(OC)c1CC(=O)N1CCC[C@H](C(=O)O)[C@@H]1C. The van der Waals surface area contributed by atoms with Crippen molar-refractivity contribution in [3.63, 3.8) is 0 Å². The third-order valence-corrected chi connectivity index (χ3v) is 4.48. The van der Waals surface area contributed by atoms with E-state index in [0.717, 1.165) is 0 Å². The van der Waals surface area contributed by atoms with Crippen LogP contribution in [0.1, 0.15) is 25.3 Å². The molecule has 0 spiro atoms. The van der Waals surface area contributed by atoms with Crippen molar-refractivity contribution in [2.45, 2.75) is 32.2 Å². The summed E-state index contributed by atoms with van der Waals surface area (Å²) < 4.78 is 10.6. The van der Waals surface area contributed by atoms with E-state index in [-0.39, 0.29) is 18.4 Å². The van der Waals surface area contributed by atoms with Gasteiger partial charge in [0.15, 0.2) is 0 Å². The van der Waals surface area contributed by atoms with Crippen molar-refractivity contribution in [2.24, 2.45) is 5.92 Å². The number of piperidine rings is 1. The summed E-state index contributed by atoms with van der Waals surface area (Å²) in [6.45, 7) is 2.39. The monoisotopic (exact) mass is 321 g/mol. The van der Waals surface area contributed by atoms with E-state index in [1.807, 2.05) is 0 Å². The maximum atomic E-state index is 12.7. The second-order valence-corrected chi connectivity index (χ2v) is 5.73. The highest BCUT2D eigenvalue weighted by molar-refractivity contribution is 5.82. The molecule has 2 atom stereocenters. The predicted octanol–water partition coefficient (Wildman–Crippen LogP) is 1.96. The summed E-state index contributed by atoms with van der Waals surface area (Å²) in [5.74, 6) is -0.266. The van der Waals surface area contributed by atoms with Crippen LogP contribution < -0.4 is 9.47 Å². The van der Waals surface area contributed by atoms with E-state index >= 15 is 0 Å². The standard InChI is InChI=1S/C17H23NO5/c1-11-12(17(20)21)6-5-9-18(11)16(19)10-13-14(22-2)7-4-8-15(13)23-3/h4,7-8,11-12H,5-6,9-10H2,1-3H3,(H,20,21)/t11-,12-/m0/s1.